The van der Waals surface area contributed by atoms with Gasteiger partial charge >= 0.3 is 0 Å². The summed E-state index contributed by atoms with van der Waals surface area (Å²) in [6.45, 7) is 8.83. The zero-order chi connectivity index (χ0) is 20.3. The number of rotatable bonds is 7. The minimum Gasteiger partial charge on any atom is -0.494 e. The number of carbonyl (C=O) groups is 2. The number of nitrogens with zero attached hydrogens (tertiary/aromatic N) is 1. The number of anilines is 1. The highest BCUT2D eigenvalue weighted by Crippen LogP contribution is 2.31. The molecule has 28 heavy (non-hydrogen) atoms. The first-order valence-electron chi connectivity index (χ1n) is 9.58. The van der Waals surface area contributed by atoms with E-state index >= 15 is 0 Å². The molecule has 0 unspecified atom stereocenters. The van der Waals surface area contributed by atoms with Gasteiger partial charge in [0.2, 0.25) is 0 Å². The summed E-state index contributed by atoms with van der Waals surface area (Å²) in [6.07, 6.45) is 0. The van der Waals surface area contributed by atoms with E-state index in [4.69, 9.17) is 4.74 Å². The quantitative estimate of drug-likeness (QED) is 0.732. The second kappa shape index (κ2) is 8.30. The van der Waals surface area contributed by atoms with Gasteiger partial charge in [0.15, 0.2) is 0 Å². The average Bonchev–Trinajstić information content (AvgIpc) is 2.87. The van der Waals surface area contributed by atoms with E-state index < -0.39 is 0 Å². The summed E-state index contributed by atoms with van der Waals surface area (Å²) in [5.74, 6) is 0.343. The van der Waals surface area contributed by atoms with Crippen LogP contribution in [0.25, 0.3) is 5.57 Å². The first-order chi connectivity index (χ1) is 13.4. The predicted octanol–water partition coefficient (Wildman–Crippen LogP) is 4.24. The van der Waals surface area contributed by atoms with Gasteiger partial charge in [-0.1, -0.05) is 49.7 Å². The van der Waals surface area contributed by atoms with Crippen molar-refractivity contribution in [1.29, 1.82) is 0 Å². The molecule has 2 aromatic carbocycles. The third-order valence-electron chi connectivity index (χ3n) is 4.47. The maximum absolute atomic E-state index is 13.1. The molecule has 0 saturated heterocycles. The van der Waals surface area contributed by atoms with Crippen molar-refractivity contribution < 1.29 is 14.3 Å². The Labute approximate surface area is 166 Å². The van der Waals surface area contributed by atoms with E-state index in [0.717, 1.165) is 11.1 Å². The zero-order valence-electron chi connectivity index (χ0n) is 16.8. The first kappa shape index (κ1) is 19.7. The molecule has 1 aliphatic heterocycles. The number of amides is 2. The largest absolute Gasteiger partial charge is 0.494 e. The number of hydrogen-bond acceptors (Lipinski definition) is 4. The van der Waals surface area contributed by atoms with Gasteiger partial charge in [0.1, 0.15) is 11.4 Å². The van der Waals surface area contributed by atoms with E-state index in [1.165, 1.54) is 4.90 Å². The second-order valence-corrected chi connectivity index (χ2v) is 7.32. The van der Waals surface area contributed by atoms with Crippen LogP contribution >= 0.6 is 0 Å². The van der Waals surface area contributed by atoms with Crippen molar-refractivity contribution in [1.82, 2.24) is 4.90 Å². The number of aryl methyl sites for hydroxylation is 1. The fourth-order valence-corrected chi connectivity index (χ4v) is 3.19. The summed E-state index contributed by atoms with van der Waals surface area (Å²) in [6, 6.07) is 15.0. The smallest absolute Gasteiger partial charge is 0.278 e. The van der Waals surface area contributed by atoms with Gasteiger partial charge in [-0.15, -0.1) is 0 Å². The van der Waals surface area contributed by atoms with Gasteiger partial charge in [-0.05, 0) is 37.5 Å². The summed E-state index contributed by atoms with van der Waals surface area (Å²) >= 11 is 0. The van der Waals surface area contributed by atoms with Gasteiger partial charge in [0, 0.05) is 18.3 Å². The molecule has 0 aliphatic carbocycles. The van der Waals surface area contributed by atoms with Gasteiger partial charge in [-0.3, -0.25) is 14.5 Å². The van der Waals surface area contributed by atoms with Crippen LogP contribution < -0.4 is 10.1 Å². The minimum absolute atomic E-state index is 0.188. The lowest BCUT2D eigenvalue weighted by atomic mass is 10.0. The van der Waals surface area contributed by atoms with Gasteiger partial charge < -0.3 is 10.1 Å². The standard InChI is InChI=1S/C23H26N2O3/c1-5-28-19-8-6-7-18(13-19)24-21-20(17-11-9-16(4)10-12-17)22(26)25(23(21)27)14-15(2)3/h6-13,15,24H,5,14H2,1-4H3. The highest BCUT2D eigenvalue weighted by Gasteiger charge is 2.39. The van der Waals surface area contributed by atoms with Crippen molar-refractivity contribution in [2.24, 2.45) is 5.92 Å². The van der Waals surface area contributed by atoms with Crippen molar-refractivity contribution in [3.63, 3.8) is 0 Å². The SMILES string of the molecule is CCOc1cccc(NC2=C(c3ccc(C)cc3)C(=O)N(CC(C)C)C2=O)c1. The lowest BCUT2D eigenvalue weighted by molar-refractivity contribution is -0.137. The molecule has 1 aliphatic rings. The fraction of sp³-hybridized carbons (Fsp3) is 0.304. The Morgan fingerprint density at radius 2 is 1.75 bits per heavy atom. The van der Waals surface area contributed by atoms with Crippen LogP contribution in [0.1, 0.15) is 31.9 Å². The third-order valence-corrected chi connectivity index (χ3v) is 4.47. The summed E-state index contributed by atoms with van der Waals surface area (Å²) in [4.78, 5) is 27.5. The highest BCUT2D eigenvalue weighted by atomic mass is 16.5. The fourth-order valence-electron chi connectivity index (χ4n) is 3.19. The molecule has 0 atom stereocenters. The van der Waals surface area contributed by atoms with Gasteiger partial charge in [-0.2, -0.15) is 0 Å². The molecule has 0 radical (unpaired) electrons. The molecule has 5 nitrogen and oxygen atoms in total. The minimum atomic E-state index is -0.295. The lowest BCUT2D eigenvalue weighted by Crippen LogP contribution is -2.35. The molecule has 2 amide bonds. The highest BCUT2D eigenvalue weighted by molar-refractivity contribution is 6.36. The Morgan fingerprint density at radius 3 is 2.39 bits per heavy atom. The molecule has 5 heteroatoms. The zero-order valence-corrected chi connectivity index (χ0v) is 16.8. The predicted molar refractivity (Wildman–Crippen MR) is 111 cm³/mol. The van der Waals surface area contributed by atoms with Crippen molar-refractivity contribution in [2.45, 2.75) is 27.7 Å². The number of benzene rings is 2. The molecule has 1 N–H and O–H groups in total. The third kappa shape index (κ3) is 4.09. The molecule has 0 bridgehead atoms. The van der Waals surface area contributed by atoms with Gasteiger partial charge in [0.05, 0.1) is 12.2 Å². The van der Waals surface area contributed by atoms with Crippen molar-refractivity contribution >= 4 is 23.1 Å². The van der Waals surface area contributed by atoms with Gasteiger partial charge in [-0.25, -0.2) is 0 Å². The average molecular weight is 378 g/mol. The number of ether oxygens (including phenoxy) is 1. The van der Waals surface area contributed by atoms with E-state index in [1.54, 1.807) is 0 Å². The second-order valence-electron chi connectivity index (χ2n) is 7.32. The molecule has 0 saturated carbocycles. The number of hydrogen-bond donors (Lipinski definition) is 1. The van der Waals surface area contributed by atoms with Gasteiger partial charge in [0.25, 0.3) is 11.8 Å². The van der Waals surface area contributed by atoms with Crippen LogP contribution in [0.4, 0.5) is 5.69 Å². The lowest BCUT2D eigenvalue weighted by Gasteiger charge is -2.17. The molecule has 146 valence electrons. The Morgan fingerprint density at radius 1 is 1.04 bits per heavy atom. The van der Waals surface area contributed by atoms with Crippen LogP contribution in [0.15, 0.2) is 54.2 Å². The number of carbonyl (C=O) groups excluding carboxylic acids is 2. The van der Waals surface area contributed by atoms with E-state index in [1.807, 2.05) is 76.2 Å². The van der Waals surface area contributed by atoms with E-state index in [0.29, 0.717) is 35.9 Å². The van der Waals surface area contributed by atoms with E-state index in [2.05, 4.69) is 5.32 Å². The van der Waals surface area contributed by atoms with Crippen molar-refractivity contribution in [3.8, 4) is 5.75 Å². The van der Waals surface area contributed by atoms with Crippen LogP contribution in [0.2, 0.25) is 0 Å². The van der Waals surface area contributed by atoms with Crippen LogP contribution in [-0.2, 0) is 9.59 Å². The van der Waals surface area contributed by atoms with Crippen LogP contribution in [-0.4, -0.2) is 29.9 Å². The van der Waals surface area contributed by atoms with Crippen molar-refractivity contribution in [2.75, 3.05) is 18.5 Å². The number of imide groups is 1. The normalized spacial score (nSPS) is 14.2. The number of nitrogens with one attached hydrogen (secondary N) is 1. The topological polar surface area (TPSA) is 58.6 Å². The molecular weight excluding hydrogens is 352 g/mol. The van der Waals surface area contributed by atoms with Crippen molar-refractivity contribution in [3.05, 3.63) is 65.4 Å². The molecular formula is C23H26N2O3. The van der Waals surface area contributed by atoms with E-state index in [-0.39, 0.29) is 17.7 Å². The molecule has 1 heterocycles. The van der Waals surface area contributed by atoms with E-state index in [9.17, 15) is 9.59 Å². The summed E-state index contributed by atoms with van der Waals surface area (Å²) in [7, 11) is 0. The maximum Gasteiger partial charge on any atom is 0.278 e. The van der Waals surface area contributed by atoms with Crippen LogP contribution in [0.3, 0.4) is 0 Å². The Hall–Kier alpha value is -3.08. The molecule has 0 fully saturated rings. The first-order valence-corrected chi connectivity index (χ1v) is 9.58. The molecule has 2 aromatic rings. The van der Waals surface area contributed by atoms with Crippen LogP contribution in [0.5, 0.6) is 5.75 Å². The molecule has 3 rings (SSSR count). The molecule has 0 spiro atoms. The maximum atomic E-state index is 13.1. The van der Waals surface area contributed by atoms with Crippen LogP contribution in [0, 0.1) is 12.8 Å². The summed E-state index contributed by atoms with van der Waals surface area (Å²) < 4.78 is 5.54. The Bertz CT molecular complexity index is 914. The summed E-state index contributed by atoms with van der Waals surface area (Å²) in [5, 5.41) is 3.17. The Kier molecular flexibility index (Phi) is 5.83. The monoisotopic (exact) mass is 378 g/mol. The molecule has 0 aromatic heterocycles. The summed E-state index contributed by atoms with van der Waals surface area (Å²) in [5.41, 5.74) is 3.26. The Balaban J connectivity index is 2.03.